The number of nitrogens with zero attached hydrogens (tertiary/aromatic N) is 2. The molecule has 0 unspecified atom stereocenters. The fourth-order valence-corrected chi connectivity index (χ4v) is 3.51. The molecule has 0 spiro atoms. The molecule has 1 fully saturated rings. The fourth-order valence-electron chi connectivity index (χ4n) is 3.51. The molecule has 1 aromatic rings. The van der Waals surface area contributed by atoms with Crippen molar-refractivity contribution in [3.05, 3.63) is 18.0 Å². The molecule has 2 rings (SSSR count). The van der Waals surface area contributed by atoms with Crippen LogP contribution in [0, 0.1) is 11.3 Å². The Morgan fingerprint density at radius 3 is 2.55 bits per heavy atom. The first-order chi connectivity index (χ1) is 9.35. The topological polar surface area (TPSA) is 43.8 Å². The molecule has 1 aliphatic rings. The Kier molecular flexibility index (Phi) is 4.58. The minimum absolute atomic E-state index is 0.0517. The van der Waals surface area contributed by atoms with Crippen molar-refractivity contribution in [3.63, 3.8) is 0 Å². The minimum Gasteiger partial charge on any atom is -0.325 e. The number of hydrogen-bond donors (Lipinski definition) is 1. The zero-order chi connectivity index (χ0) is 14.8. The van der Waals surface area contributed by atoms with Gasteiger partial charge in [-0.05, 0) is 55.4 Å². The summed E-state index contributed by atoms with van der Waals surface area (Å²) >= 11 is 0. The molecule has 0 aliphatic heterocycles. The minimum atomic E-state index is 0.0517. The summed E-state index contributed by atoms with van der Waals surface area (Å²) in [6.07, 6.45) is 12.5. The molecular formula is C17H31N3. The van der Waals surface area contributed by atoms with Crippen molar-refractivity contribution in [1.82, 2.24) is 9.78 Å². The smallest absolute Gasteiger partial charge is 0.0521 e. The van der Waals surface area contributed by atoms with Crippen LogP contribution in [-0.2, 0) is 13.5 Å². The maximum atomic E-state index is 6.63. The highest BCUT2D eigenvalue weighted by Crippen LogP contribution is 2.43. The lowest BCUT2D eigenvalue weighted by Gasteiger charge is -2.43. The summed E-state index contributed by atoms with van der Waals surface area (Å²) in [5.74, 6) is 0.850. The van der Waals surface area contributed by atoms with E-state index in [0.29, 0.717) is 5.41 Å². The second-order valence-corrected chi connectivity index (χ2v) is 7.50. The molecule has 3 nitrogen and oxygen atoms in total. The Labute approximate surface area is 123 Å². The molecule has 0 atom stereocenters. The predicted molar refractivity (Wildman–Crippen MR) is 84.5 cm³/mol. The Hall–Kier alpha value is -0.830. The van der Waals surface area contributed by atoms with Crippen LogP contribution in [0.25, 0.3) is 0 Å². The lowest BCUT2D eigenvalue weighted by molar-refractivity contribution is 0.112. The lowest BCUT2D eigenvalue weighted by atomic mass is 9.65. The third-order valence-corrected chi connectivity index (χ3v) is 5.67. The maximum Gasteiger partial charge on any atom is 0.0521 e. The lowest BCUT2D eigenvalue weighted by Crippen LogP contribution is -2.45. The fraction of sp³-hybridized carbons (Fsp3) is 0.824. The number of aromatic nitrogens is 2. The predicted octanol–water partition coefficient (Wildman–Crippen LogP) is 3.68. The van der Waals surface area contributed by atoms with E-state index in [2.05, 4.69) is 32.1 Å². The Balaban J connectivity index is 1.85. The van der Waals surface area contributed by atoms with Gasteiger partial charge in [-0.1, -0.05) is 27.2 Å². The highest BCUT2D eigenvalue weighted by Gasteiger charge is 2.37. The Morgan fingerprint density at radius 1 is 1.40 bits per heavy atom. The van der Waals surface area contributed by atoms with Gasteiger partial charge in [-0.25, -0.2) is 0 Å². The number of nitrogens with two attached hydrogens (primary N) is 1. The van der Waals surface area contributed by atoms with Gasteiger partial charge in [-0.2, -0.15) is 5.10 Å². The van der Waals surface area contributed by atoms with Crippen LogP contribution in [0.15, 0.2) is 12.4 Å². The van der Waals surface area contributed by atoms with Gasteiger partial charge in [-0.3, -0.25) is 4.68 Å². The zero-order valence-corrected chi connectivity index (χ0v) is 13.7. The van der Waals surface area contributed by atoms with Crippen molar-refractivity contribution in [2.24, 2.45) is 24.1 Å². The third-order valence-electron chi connectivity index (χ3n) is 5.67. The van der Waals surface area contributed by atoms with Crippen LogP contribution in [0.2, 0.25) is 0 Å². The van der Waals surface area contributed by atoms with Gasteiger partial charge in [-0.15, -0.1) is 0 Å². The van der Waals surface area contributed by atoms with Crippen molar-refractivity contribution in [1.29, 1.82) is 0 Å². The van der Waals surface area contributed by atoms with Crippen LogP contribution in [0.4, 0.5) is 0 Å². The second-order valence-electron chi connectivity index (χ2n) is 7.50. The van der Waals surface area contributed by atoms with E-state index in [9.17, 15) is 0 Å². The molecule has 2 N–H and O–H groups in total. The molecule has 0 bridgehead atoms. The van der Waals surface area contributed by atoms with Crippen molar-refractivity contribution in [2.75, 3.05) is 0 Å². The summed E-state index contributed by atoms with van der Waals surface area (Å²) in [5.41, 5.74) is 8.48. The summed E-state index contributed by atoms with van der Waals surface area (Å²) in [6, 6.07) is 0. The monoisotopic (exact) mass is 277 g/mol. The van der Waals surface area contributed by atoms with Gasteiger partial charge >= 0.3 is 0 Å². The molecule has 0 amide bonds. The van der Waals surface area contributed by atoms with Gasteiger partial charge in [0.15, 0.2) is 0 Å². The van der Waals surface area contributed by atoms with Crippen molar-refractivity contribution in [3.8, 4) is 0 Å². The van der Waals surface area contributed by atoms with Gasteiger partial charge in [0, 0.05) is 18.8 Å². The summed E-state index contributed by atoms with van der Waals surface area (Å²) in [6.45, 7) is 7.14. The summed E-state index contributed by atoms with van der Waals surface area (Å²) in [5, 5.41) is 4.23. The first kappa shape index (κ1) is 15.6. The van der Waals surface area contributed by atoms with Crippen molar-refractivity contribution >= 4 is 0 Å². The SMILES string of the molecule is CCC(C)(C)C1CCC(N)(CCc2cnn(C)c2)CC1. The highest BCUT2D eigenvalue weighted by atomic mass is 15.2. The normalized spacial score (nSPS) is 27.8. The van der Waals surface area contributed by atoms with E-state index < -0.39 is 0 Å². The largest absolute Gasteiger partial charge is 0.325 e. The van der Waals surface area contributed by atoms with Crippen LogP contribution in [0.5, 0.6) is 0 Å². The van der Waals surface area contributed by atoms with Crippen molar-refractivity contribution < 1.29 is 0 Å². The first-order valence-electron chi connectivity index (χ1n) is 8.11. The van der Waals surface area contributed by atoms with E-state index in [0.717, 1.165) is 18.8 Å². The van der Waals surface area contributed by atoms with E-state index in [1.807, 2.05) is 17.9 Å². The van der Waals surface area contributed by atoms with Crippen LogP contribution in [0.3, 0.4) is 0 Å². The average molecular weight is 277 g/mol. The maximum absolute atomic E-state index is 6.63. The summed E-state index contributed by atoms with van der Waals surface area (Å²) in [7, 11) is 1.97. The third kappa shape index (κ3) is 3.63. The first-order valence-corrected chi connectivity index (χ1v) is 8.11. The molecule has 114 valence electrons. The van der Waals surface area contributed by atoms with E-state index in [1.54, 1.807) is 0 Å². The zero-order valence-electron chi connectivity index (χ0n) is 13.7. The van der Waals surface area contributed by atoms with Crippen LogP contribution in [-0.4, -0.2) is 15.3 Å². The van der Waals surface area contributed by atoms with Gasteiger partial charge in [0.25, 0.3) is 0 Å². The van der Waals surface area contributed by atoms with E-state index >= 15 is 0 Å². The van der Waals surface area contributed by atoms with Crippen LogP contribution < -0.4 is 5.73 Å². The molecule has 1 aliphatic carbocycles. The van der Waals surface area contributed by atoms with E-state index in [1.165, 1.54) is 37.7 Å². The molecule has 1 heterocycles. The molecule has 0 aromatic carbocycles. The molecular weight excluding hydrogens is 246 g/mol. The van der Waals surface area contributed by atoms with Crippen LogP contribution in [0.1, 0.15) is 64.9 Å². The second kappa shape index (κ2) is 5.88. The van der Waals surface area contributed by atoms with Gasteiger partial charge < -0.3 is 5.73 Å². The number of hydrogen-bond acceptors (Lipinski definition) is 2. The van der Waals surface area contributed by atoms with Gasteiger partial charge in [0.05, 0.1) is 6.20 Å². The summed E-state index contributed by atoms with van der Waals surface area (Å²) < 4.78 is 1.87. The molecule has 3 heteroatoms. The quantitative estimate of drug-likeness (QED) is 0.892. The summed E-state index contributed by atoms with van der Waals surface area (Å²) in [4.78, 5) is 0. The average Bonchev–Trinajstić information content (AvgIpc) is 2.83. The molecule has 0 radical (unpaired) electrons. The Morgan fingerprint density at radius 2 is 2.05 bits per heavy atom. The number of rotatable bonds is 5. The molecule has 20 heavy (non-hydrogen) atoms. The van der Waals surface area contributed by atoms with Gasteiger partial charge in [0.2, 0.25) is 0 Å². The standard InChI is InChI=1S/C17H31N3/c1-5-16(2,3)15-7-10-17(18,11-8-15)9-6-14-12-19-20(4)13-14/h12-13,15H,5-11,18H2,1-4H3. The molecule has 1 aromatic heterocycles. The highest BCUT2D eigenvalue weighted by molar-refractivity contribution is 5.06. The van der Waals surface area contributed by atoms with E-state index in [4.69, 9.17) is 5.73 Å². The van der Waals surface area contributed by atoms with Gasteiger partial charge in [0.1, 0.15) is 0 Å². The van der Waals surface area contributed by atoms with Crippen LogP contribution >= 0.6 is 0 Å². The molecule has 0 saturated heterocycles. The Bertz CT molecular complexity index is 425. The van der Waals surface area contributed by atoms with Crippen molar-refractivity contribution in [2.45, 2.75) is 71.3 Å². The number of aryl methyl sites for hydroxylation is 2. The van der Waals surface area contributed by atoms with E-state index in [-0.39, 0.29) is 5.54 Å². The molecule has 1 saturated carbocycles.